The van der Waals surface area contributed by atoms with Gasteiger partial charge in [-0.3, -0.25) is 9.48 Å². The van der Waals surface area contributed by atoms with Gasteiger partial charge in [0, 0.05) is 39.4 Å². The second-order valence-electron chi connectivity index (χ2n) is 5.71. The fourth-order valence-electron chi connectivity index (χ4n) is 2.98. The molecule has 0 aromatic carbocycles. The van der Waals surface area contributed by atoms with Crippen LogP contribution in [-0.2, 0) is 7.05 Å². The molecule has 3 aromatic heterocycles. The minimum Gasteiger partial charge on any atom is -0.356 e. The minimum atomic E-state index is -0.0317. The molecule has 0 aliphatic carbocycles. The van der Waals surface area contributed by atoms with E-state index in [1.807, 2.05) is 11.9 Å². The molecule has 0 radical (unpaired) electrons. The Morgan fingerprint density at radius 2 is 2.04 bits per heavy atom. The number of halogens is 1. The molecule has 0 unspecified atom stereocenters. The van der Waals surface area contributed by atoms with Crippen LogP contribution >= 0.6 is 11.6 Å². The van der Waals surface area contributed by atoms with Crippen molar-refractivity contribution in [2.24, 2.45) is 7.05 Å². The third-order valence-electron chi connectivity index (χ3n) is 4.25. The van der Waals surface area contributed by atoms with Crippen molar-refractivity contribution in [2.45, 2.75) is 0 Å². The second kappa shape index (κ2) is 5.79. The molecule has 4 rings (SSSR count). The van der Waals surface area contributed by atoms with E-state index in [-0.39, 0.29) is 5.91 Å². The van der Waals surface area contributed by atoms with Crippen molar-refractivity contribution >= 4 is 34.4 Å². The highest BCUT2D eigenvalue weighted by molar-refractivity contribution is 6.30. The Hall–Kier alpha value is -2.61. The Morgan fingerprint density at radius 3 is 2.75 bits per heavy atom. The molecule has 0 bridgehead atoms. The third-order valence-corrected chi connectivity index (χ3v) is 4.47. The summed E-state index contributed by atoms with van der Waals surface area (Å²) in [6.07, 6.45) is 4.95. The van der Waals surface area contributed by atoms with Gasteiger partial charge < -0.3 is 14.8 Å². The standard InChI is InChI=1S/C15H16ClN7O/c1-21-13-11(8-20-21)14(19-9-18-13)22-2-4-23(5-3-22)15(24)12-6-10(16)7-17-12/h6-9,17H,2-5H2,1H3. The predicted octanol–water partition coefficient (Wildman–Crippen LogP) is 1.31. The summed E-state index contributed by atoms with van der Waals surface area (Å²) in [4.78, 5) is 28.0. The van der Waals surface area contributed by atoms with Gasteiger partial charge in [-0.2, -0.15) is 5.10 Å². The SMILES string of the molecule is Cn1ncc2c(N3CCN(C(=O)c4cc(Cl)c[nH]4)CC3)ncnc21. The average molecular weight is 346 g/mol. The maximum absolute atomic E-state index is 12.5. The van der Waals surface area contributed by atoms with Crippen LogP contribution < -0.4 is 4.90 Å². The quantitative estimate of drug-likeness (QED) is 0.757. The molecule has 1 amide bonds. The summed E-state index contributed by atoms with van der Waals surface area (Å²) in [6, 6.07) is 1.65. The number of nitrogens with zero attached hydrogens (tertiary/aromatic N) is 6. The Kier molecular flexibility index (Phi) is 3.61. The largest absolute Gasteiger partial charge is 0.356 e. The first-order chi connectivity index (χ1) is 11.6. The van der Waals surface area contributed by atoms with Crippen molar-refractivity contribution in [3.63, 3.8) is 0 Å². The zero-order valence-electron chi connectivity index (χ0n) is 13.1. The van der Waals surface area contributed by atoms with E-state index in [0.717, 1.165) is 16.9 Å². The Morgan fingerprint density at radius 1 is 1.25 bits per heavy atom. The van der Waals surface area contributed by atoms with Crippen LogP contribution in [0.25, 0.3) is 11.0 Å². The molecule has 1 fully saturated rings. The van der Waals surface area contributed by atoms with Crippen LogP contribution in [0.15, 0.2) is 24.8 Å². The molecule has 0 saturated carbocycles. The first kappa shape index (κ1) is 14.9. The number of nitrogens with one attached hydrogen (secondary N) is 1. The van der Waals surface area contributed by atoms with Crippen LogP contribution in [0.5, 0.6) is 0 Å². The molecule has 124 valence electrons. The molecule has 0 atom stereocenters. The smallest absolute Gasteiger partial charge is 0.270 e. The molecule has 8 nitrogen and oxygen atoms in total. The number of hydrogen-bond acceptors (Lipinski definition) is 5. The van der Waals surface area contributed by atoms with E-state index in [1.54, 1.807) is 29.5 Å². The van der Waals surface area contributed by atoms with Crippen molar-refractivity contribution in [2.75, 3.05) is 31.1 Å². The highest BCUT2D eigenvalue weighted by atomic mass is 35.5. The van der Waals surface area contributed by atoms with E-state index in [1.165, 1.54) is 0 Å². The summed E-state index contributed by atoms with van der Waals surface area (Å²) < 4.78 is 1.73. The number of hydrogen-bond donors (Lipinski definition) is 1. The lowest BCUT2D eigenvalue weighted by Gasteiger charge is -2.35. The Balaban J connectivity index is 1.50. The summed E-state index contributed by atoms with van der Waals surface area (Å²) >= 11 is 5.87. The predicted molar refractivity (Wildman–Crippen MR) is 90.2 cm³/mol. The topological polar surface area (TPSA) is 82.9 Å². The van der Waals surface area contributed by atoms with Gasteiger partial charge in [-0.05, 0) is 6.07 Å². The van der Waals surface area contributed by atoms with E-state index >= 15 is 0 Å². The van der Waals surface area contributed by atoms with Crippen LogP contribution in [0.4, 0.5) is 5.82 Å². The second-order valence-corrected chi connectivity index (χ2v) is 6.15. The number of anilines is 1. The number of fused-ring (bicyclic) bond motifs is 1. The van der Waals surface area contributed by atoms with Crippen LogP contribution in [0.3, 0.4) is 0 Å². The van der Waals surface area contributed by atoms with Gasteiger partial charge in [0.05, 0.1) is 16.6 Å². The van der Waals surface area contributed by atoms with Gasteiger partial charge in [0.15, 0.2) is 5.65 Å². The van der Waals surface area contributed by atoms with Gasteiger partial charge in [0.25, 0.3) is 5.91 Å². The van der Waals surface area contributed by atoms with Crippen molar-refractivity contribution in [1.29, 1.82) is 0 Å². The molecular weight excluding hydrogens is 330 g/mol. The summed E-state index contributed by atoms with van der Waals surface area (Å²) in [5.41, 5.74) is 1.32. The van der Waals surface area contributed by atoms with Gasteiger partial charge in [-0.15, -0.1) is 0 Å². The van der Waals surface area contributed by atoms with E-state index in [2.05, 4.69) is 25.0 Å². The molecule has 4 heterocycles. The number of aromatic nitrogens is 5. The molecule has 1 aliphatic rings. The summed E-state index contributed by atoms with van der Waals surface area (Å²) in [5, 5.41) is 5.71. The number of carbonyl (C=O) groups excluding carboxylic acids is 1. The van der Waals surface area contributed by atoms with E-state index in [9.17, 15) is 4.79 Å². The van der Waals surface area contributed by atoms with Crippen molar-refractivity contribution in [3.05, 3.63) is 35.5 Å². The lowest BCUT2D eigenvalue weighted by Crippen LogP contribution is -2.49. The highest BCUT2D eigenvalue weighted by Gasteiger charge is 2.25. The van der Waals surface area contributed by atoms with Gasteiger partial charge in [0.2, 0.25) is 0 Å². The van der Waals surface area contributed by atoms with Crippen molar-refractivity contribution in [1.82, 2.24) is 29.6 Å². The monoisotopic (exact) mass is 345 g/mol. The number of carbonyl (C=O) groups is 1. The summed E-state index contributed by atoms with van der Waals surface area (Å²) in [6.45, 7) is 2.67. The zero-order chi connectivity index (χ0) is 16.7. The first-order valence-corrected chi connectivity index (χ1v) is 8.02. The molecule has 1 saturated heterocycles. The van der Waals surface area contributed by atoms with Gasteiger partial charge in [-0.1, -0.05) is 11.6 Å². The van der Waals surface area contributed by atoms with Crippen LogP contribution in [0.1, 0.15) is 10.5 Å². The third kappa shape index (κ3) is 2.48. The van der Waals surface area contributed by atoms with Gasteiger partial charge >= 0.3 is 0 Å². The molecule has 0 spiro atoms. The fraction of sp³-hybridized carbons (Fsp3) is 0.333. The molecule has 9 heteroatoms. The fourth-order valence-corrected chi connectivity index (χ4v) is 3.15. The Labute approximate surface area is 143 Å². The number of rotatable bonds is 2. The summed E-state index contributed by atoms with van der Waals surface area (Å²) in [7, 11) is 1.86. The number of aryl methyl sites for hydroxylation is 1. The van der Waals surface area contributed by atoms with Gasteiger partial charge in [0.1, 0.15) is 17.8 Å². The normalized spacial score (nSPS) is 15.2. The molecule has 1 aliphatic heterocycles. The Bertz CT molecular complexity index is 894. The molecule has 1 N–H and O–H groups in total. The van der Waals surface area contributed by atoms with Crippen LogP contribution in [0.2, 0.25) is 5.02 Å². The van der Waals surface area contributed by atoms with Crippen molar-refractivity contribution < 1.29 is 4.79 Å². The van der Waals surface area contributed by atoms with Crippen molar-refractivity contribution in [3.8, 4) is 0 Å². The number of H-pyrrole nitrogens is 1. The number of amides is 1. The average Bonchev–Trinajstić information content (AvgIpc) is 3.21. The first-order valence-electron chi connectivity index (χ1n) is 7.64. The minimum absolute atomic E-state index is 0.0317. The van der Waals surface area contributed by atoms with E-state index in [0.29, 0.717) is 36.9 Å². The van der Waals surface area contributed by atoms with E-state index < -0.39 is 0 Å². The maximum Gasteiger partial charge on any atom is 0.270 e. The lowest BCUT2D eigenvalue weighted by molar-refractivity contribution is 0.0741. The van der Waals surface area contributed by atoms with Crippen LogP contribution in [-0.4, -0.2) is 61.7 Å². The molecule has 3 aromatic rings. The lowest BCUT2D eigenvalue weighted by atomic mass is 10.2. The molecule has 24 heavy (non-hydrogen) atoms. The zero-order valence-corrected chi connectivity index (χ0v) is 13.9. The number of aromatic amines is 1. The van der Waals surface area contributed by atoms with Gasteiger partial charge in [-0.25, -0.2) is 9.97 Å². The maximum atomic E-state index is 12.5. The molecular formula is C15H16ClN7O. The van der Waals surface area contributed by atoms with E-state index in [4.69, 9.17) is 11.6 Å². The summed E-state index contributed by atoms with van der Waals surface area (Å²) in [5.74, 6) is 0.832. The van der Waals surface area contributed by atoms with Crippen LogP contribution in [0, 0.1) is 0 Å². The number of piperazine rings is 1. The highest BCUT2D eigenvalue weighted by Crippen LogP contribution is 2.23.